The van der Waals surface area contributed by atoms with Gasteiger partial charge in [-0.25, -0.2) is 4.98 Å². The molecule has 0 spiro atoms. The molecule has 2 aromatic rings. The van der Waals surface area contributed by atoms with E-state index in [1.165, 1.54) is 19.9 Å². The fourth-order valence-electron chi connectivity index (χ4n) is 2.93. The van der Waals surface area contributed by atoms with Crippen molar-refractivity contribution in [2.45, 2.75) is 57.3 Å². The van der Waals surface area contributed by atoms with Crippen molar-refractivity contribution in [2.75, 3.05) is 5.32 Å². The van der Waals surface area contributed by atoms with Crippen LogP contribution in [0.2, 0.25) is 0 Å². The van der Waals surface area contributed by atoms with E-state index in [9.17, 15) is 23.1 Å². The van der Waals surface area contributed by atoms with Crippen LogP contribution in [0.15, 0.2) is 18.2 Å². The van der Waals surface area contributed by atoms with Crippen molar-refractivity contribution < 1.29 is 23.1 Å². The Bertz CT molecular complexity index is 802. The van der Waals surface area contributed by atoms with Gasteiger partial charge in [-0.1, -0.05) is 0 Å². The van der Waals surface area contributed by atoms with Crippen LogP contribution in [-0.4, -0.2) is 26.2 Å². The van der Waals surface area contributed by atoms with Crippen molar-refractivity contribution in [1.82, 2.24) is 9.55 Å². The number of fused-ring (bicyclic) bond motifs is 1. The minimum atomic E-state index is -4.44. The number of aliphatic hydroxyl groups is 1. The van der Waals surface area contributed by atoms with Crippen LogP contribution in [0.5, 0.6) is 0 Å². The van der Waals surface area contributed by atoms with Gasteiger partial charge in [0.25, 0.3) is 0 Å². The molecule has 3 rings (SSSR count). The van der Waals surface area contributed by atoms with E-state index in [2.05, 4.69) is 10.3 Å². The number of amides is 1. The number of imidazole rings is 1. The molecule has 136 valence electrons. The van der Waals surface area contributed by atoms with Crippen LogP contribution in [-0.2, 0) is 11.0 Å². The predicted molar refractivity (Wildman–Crippen MR) is 87.2 cm³/mol. The van der Waals surface area contributed by atoms with Crippen molar-refractivity contribution >= 4 is 22.9 Å². The summed E-state index contributed by atoms with van der Waals surface area (Å²) in [6.45, 7) is 3.02. The highest BCUT2D eigenvalue weighted by Crippen LogP contribution is 2.39. The summed E-state index contributed by atoms with van der Waals surface area (Å²) in [5.74, 6) is -0.201. The van der Waals surface area contributed by atoms with Gasteiger partial charge in [0, 0.05) is 6.04 Å². The van der Waals surface area contributed by atoms with Crippen molar-refractivity contribution in [2.24, 2.45) is 0 Å². The van der Waals surface area contributed by atoms with E-state index in [4.69, 9.17) is 0 Å². The molecule has 0 aliphatic heterocycles. The number of alkyl halides is 3. The maximum Gasteiger partial charge on any atom is 0.416 e. The molecule has 0 radical (unpaired) electrons. The van der Waals surface area contributed by atoms with Gasteiger partial charge < -0.3 is 9.67 Å². The fraction of sp³-hybridized carbons (Fsp3) is 0.529. The van der Waals surface area contributed by atoms with E-state index in [0.29, 0.717) is 11.0 Å². The lowest BCUT2D eigenvalue weighted by atomic mass is 9.92. The number of carbonyl (C=O) groups excluding carboxylic acids is 1. The Morgan fingerprint density at radius 2 is 2.04 bits per heavy atom. The molecule has 8 heteroatoms. The van der Waals surface area contributed by atoms with Crippen LogP contribution in [0.3, 0.4) is 0 Å². The van der Waals surface area contributed by atoms with E-state index in [0.717, 1.165) is 31.4 Å². The van der Waals surface area contributed by atoms with Gasteiger partial charge in [-0.05, 0) is 51.3 Å². The average molecular weight is 355 g/mol. The third kappa shape index (κ3) is 3.78. The molecule has 0 atom stereocenters. The summed E-state index contributed by atoms with van der Waals surface area (Å²) >= 11 is 0. The Kier molecular flexibility index (Phi) is 4.26. The zero-order chi connectivity index (χ0) is 18.4. The van der Waals surface area contributed by atoms with Gasteiger partial charge in [-0.15, -0.1) is 0 Å². The number of hydrogen-bond donors (Lipinski definition) is 2. The van der Waals surface area contributed by atoms with E-state index in [1.54, 1.807) is 4.57 Å². The van der Waals surface area contributed by atoms with Crippen molar-refractivity contribution in [3.8, 4) is 0 Å². The summed E-state index contributed by atoms with van der Waals surface area (Å²) in [7, 11) is 0. The second-order valence-electron chi connectivity index (χ2n) is 7.13. The molecule has 1 fully saturated rings. The highest BCUT2D eigenvalue weighted by Gasteiger charge is 2.32. The van der Waals surface area contributed by atoms with E-state index in [1.807, 2.05) is 0 Å². The Hall–Kier alpha value is -2.09. The smallest absolute Gasteiger partial charge is 0.390 e. The van der Waals surface area contributed by atoms with Gasteiger partial charge in [-0.2, -0.15) is 13.2 Å². The van der Waals surface area contributed by atoms with Crippen LogP contribution in [0.25, 0.3) is 11.0 Å². The van der Waals surface area contributed by atoms with Crippen LogP contribution in [0.1, 0.15) is 51.1 Å². The number of nitrogens with zero attached hydrogens (tertiary/aromatic N) is 2. The topological polar surface area (TPSA) is 67.2 Å². The summed E-state index contributed by atoms with van der Waals surface area (Å²) in [4.78, 5) is 16.4. The SMILES string of the molecule is CC(C)(O)CC(=O)Nc1nc2ccc(C(F)(F)F)cc2n1C1CCC1. The summed E-state index contributed by atoms with van der Waals surface area (Å²) in [5, 5.41) is 12.4. The molecule has 1 saturated carbocycles. The molecule has 2 N–H and O–H groups in total. The number of hydrogen-bond acceptors (Lipinski definition) is 3. The van der Waals surface area contributed by atoms with Gasteiger partial charge >= 0.3 is 6.18 Å². The van der Waals surface area contributed by atoms with Gasteiger partial charge in [0.2, 0.25) is 11.9 Å². The first kappa shape index (κ1) is 17.7. The highest BCUT2D eigenvalue weighted by atomic mass is 19.4. The summed E-state index contributed by atoms with van der Waals surface area (Å²) < 4.78 is 40.7. The molecular weight excluding hydrogens is 335 g/mol. The number of nitrogens with one attached hydrogen (secondary N) is 1. The van der Waals surface area contributed by atoms with Crippen LogP contribution in [0, 0.1) is 0 Å². The molecule has 0 unspecified atom stereocenters. The lowest BCUT2D eigenvalue weighted by Gasteiger charge is -2.29. The quantitative estimate of drug-likeness (QED) is 0.875. The minimum Gasteiger partial charge on any atom is -0.390 e. The molecule has 1 heterocycles. The third-order valence-corrected chi connectivity index (χ3v) is 4.30. The van der Waals surface area contributed by atoms with E-state index >= 15 is 0 Å². The Morgan fingerprint density at radius 1 is 1.36 bits per heavy atom. The summed E-state index contributed by atoms with van der Waals surface area (Å²) in [6.07, 6.45) is -1.92. The molecule has 0 bridgehead atoms. The van der Waals surface area contributed by atoms with Gasteiger partial charge in [0.05, 0.1) is 28.6 Å². The lowest BCUT2D eigenvalue weighted by Crippen LogP contribution is -2.29. The summed E-state index contributed by atoms with van der Waals surface area (Å²) in [6, 6.07) is 3.40. The zero-order valence-electron chi connectivity index (χ0n) is 14.0. The fourth-order valence-corrected chi connectivity index (χ4v) is 2.93. The number of anilines is 1. The molecule has 1 aliphatic rings. The number of aromatic nitrogens is 2. The monoisotopic (exact) mass is 355 g/mol. The molecule has 5 nitrogen and oxygen atoms in total. The van der Waals surface area contributed by atoms with Gasteiger partial charge in [0.15, 0.2) is 0 Å². The first-order chi connectivity index (χ1) is 11.5. The van der Waals surface area contributed by atoms with Crippen molar-refractivity contribution in [3.05, 3.63) is 23.8 Å². The highest BCUT2D eigenvalue weighted by molar-refractivity contribution is 5.92. The molecule has 25 heavy (non-hydrogen) atoms. The predicted octanol–water partition coefficient (Wildman–Crippen LogP) is 3.88. The Labute approximate surface area is 142 Å². The van der Waals surface area contributed by atoms with E-state index < -0.39 is 23.2 Å². The van der Waals surface area contributed by atoms with Crippen LogP contribution < -0.4 is 5.32 Å². The molecular formula is C17H20F3N3O2. The number of halogens is 3. The molecule has 1 aromatic heterocycles. The Balaban J connectivity index is 2.01. The molecule has 1 aromatic carbocycles. The first-order valence-corrected chi connectivity index (χ1v) is 8.16. The number of carbonyl (C=O) groups is 1. The molecule has 0 saturated heterocycles. The van der Waals surface area contributed by atoms with Crippen LogP contribution >= 0.6 is 0 Å². The largest absolute Gasteiger partial charge is 0.416 e. The first-order valence-electron chi connectivity index (χ1n) is 8.16. The maximum atomic E-state index is 13.0. The van der Waals surface area contributed by atoms with Crippen LogP contribution in [0.4, 0.5) is 19.1 Å². The second kappa shape index (κ2) is 6.01. The summed E-state index contributed by atoms with van der Waals surface area (Å²) in [5.41, 5.74) is -1.16. The van der Waals surface area contributed by atoms with E-state index in [-0.39, 0.29) is 18.4 Å². The second-order valence-corrected chi connectivity index (χ2v) is 7.13. The zero-order valence-corrected chi connectivity index (χ0v) is 14.0. The van der Waals surface area contributed by atoms with Gasteiger partial charge in [-0.3, -0.25) is 10.1 Å². The Morgan fingerprint density at radius 3 is 2.56 bits per heavy atom. The minimum absolute atomic E-state index is 0.0194. The molecule has 1 amide bonds. The standard InChI is InChI=1S/C17H20F3N3O2/c1-16(2,25)9-14(24)22-15-21-12-7-6-10(17(18,19)20)8-13(12)23(15)11-4-3-5-11/h6-8,11,25H,3-5,9H2,1-2H3,(H,21,22,24). The number of rotatable bonds is 4. The van der Waals surface area contributed by atoms with Gasteiger partial charge in [0.1, 0.15) is 0 Å². The maximum absolute atomic E-state index is 13.0. The number of benzene rings is 1. The molecule has 1 aliphatic carbocycles. The van der Waals surface area contributed by atoms with Crippen molar-refractivity contribution in [1.29, 1.82) is 0 Å². The average Bonchev–Trinajstić information content (AvgIpc) is 2.71. The van der Waals surface area contributed by atoms with Crippen molar-refractivity contribution in [3.63, 3.8) is 0 Å². The third-order valence-electron chi connectivity index (χ3n) is 4.30. The lowest BCUT2D eigenvalue weighted by molar-refractivity contribution is -0.137. The normalized spacial score (nSPS) is 16.1.